The number of para-hydroxylation sites is 2. The number of nitrogens with one attached hydrogen (secondary N) is 1. The number of imidazole rings is 1. The Labute approximate surface area is 165 Å². The molecule has 3 rings (SSSR count). The lowest BCUT2D eigenvalue weighted by Gasteiger charge is -2.23. The molecule has 0 aliphatic carbocycles. The van der Waals surface area contributed by atoms with Crippen molar-refractivity contribution in [3.8, 4) is 11.5 Å². The van der Waals surface area contributed by atoms with E-state index in [4.69, 9.17) is 14.5 Å². The molecule has 1 heterocycles. The summed E-state index contributed by atoms with van der Waals surface area (Å²) in [5.74, 6) is 3.30. The first-order chi connectivity index (χ1) is 13.6. The summed E-state index contributed by atoms with van der Waals surface area (Å²) in [4.78, 5) is 11.2. The highest BCUT2D eigenvalue weighted by Crippen LogP contribution is 2.25. The van der Waals surface area contributed by atoms with Crippen molar-refractivity contribution in [3.05, 3.63) is 53.9 Å². The highest BCUT2D eigenvalue weighted by Gasteiger charge is 2.13. The van der Waals surface area contributed by atoms with Crippen LogP contribution in [-0.4, -0.2) is 48.7 Å². The van der Waals surface area contributed by atoms with Crippen LogP contribution in [0.3, 0.4) is 0 Å². The van der Waals surface area contributed by atoms with E-state index < -0.39 is 0 Å². The average Bonchev–Trinajstić information content (AvgIpc) is 3.04. The number of hydrogen-bond donors (Lipinski definition) is 1. The minimum atomic E-state index is 0.585. The second-order valence-electron chi connectivity index (χ2n) is 6.51. The Morgan fingerprint density at radius 1 is 1.18 bits per heavy atom. The van der Waals surface area contributed by atoms with Gasteiger partial charge in [-0.05, 0) is 24.3 Å². The smallest absolute Gasteiger partial charge is 0.194 e. The molecule has 0 aliphatic rings. The average molecular weight is 381 g/mol. The van der Waals surface area contributed by atoms with Gasteiger partial charge in [-0.3, -0.25) is 4.99 Å². The molecular formula is C21H27N5O2. The number of ether oxygens (including phenoxy) is 2. The third-order valence-electron chi connectivity index (χ3n) is 4.76. The quantitative estimate of drug-likeness (QED) is 0.525. The summed E-state index contributed by atoms with van der Waals surface area (Å²) in [6.07, 6.45) is 0. The fourth-order valence-electron chi connectivity index (χ4n) is 3.21. The molecule has 148 valence electrons. The molecule has 0 saturated carbocycles. The van der Waals surface area contributed by atoms with Gasteiger partial charge >= 0.3 is 0 Å². The fourth-order valence-corrected chi connectivity index (χ4v) is 3.21. The van der Waals surface area contributed by atoms with E-state index in [0.717, 1.165) is 39.9 Å². The third kappa shape index (κ3) is 4.03. The lowest BCUT2D eigenvalue weighted by molar-refractivity contribution is 0.382. The van der Waals surface area contributed by atoms with Crippen LogP contribution in [0.25, 0.3) is 11.0 Å². The predicted molar refractivity (Wildman–Crippen MR) is 112 cm³/mol. The zero-order chi connectivity index (χ0) is 20.1. The van der Waals surface area contributed by atoms with Crippen LogP contribution in [0.5, 0.6) is 11.5 Å². The second-order valence-corrected chi connectivity index (χ2v) is 6.51. The first-order valence-corrected chi connectivity index (χ1v) is 9.10. The summed E-state index contributed by atoms with van der Waals surface area (Å²) in [6, 6.07) is 13.9. The van der Waals surface area contributed by atoms with Crippen molar-refractivity contribution >= 4 is 17.0 Å². The normalized spacial score (nSPS) is 11.5. The van der Waals surface area contributed by atoms with Gasteiger partial charge in [0, 0.05) is 39.3 Å². The summed E-state index contributed by atoms with van der Waals surface area (Å²) in [5, 5.41) is 3.39. The molecule has 7 heteroatoms. The van der Waals surface area contributed by atoms with E-state index in [9.17, 15) is 0 Å². The fraction of sp³-hybridized carbons (Fsp3) is 0.333. The van der Waals surface area contributed by atoms with Crippen LogP contribution < -0.4 is 14.8 Å². The number of aryl methyl sites for hydroxylation is 1. The Kier molecular flexibility index (Phi) is 6.03. The van der Waals surface area contributed by atoms with Crippen molar-refractivity contribution in [1.29, 1.82) is 0 Å². The number of hydrogen-bond acceptors (Lipinski definition) is 4. The third-order valence-corrected chi connectivity index (χ3v) is 4.76. The van der Waals surface area contributed by atoms with E-state index in [1.807, 2.05) is 55.4 Å². The summed E-state index contributed by atoms with van der Waals surface area (Å²) < 4.78 is 12.9. The number of guanidine groups is 1. The van der Waals surface area contributed by atoms with Crippen LogP contribution in [0.15, 0.2) is 47.5 Å². The molecule has 1 aromatic heterocycles. The number of fused-ring (bicyclic) bond motifs is 1. The first-order valence-electron chi connectivity index (χ1n) is 9.10. The number of aliphatic imine (C=N–C) groups is 1. The molecule has 0 saturated heterocycles. The molecule has 0 unspecified atom stereocenters. The van der Waals surface area contributed by atoms with E-state index in [-0.39, 0.29) is 0 Å². The van der Waals surface area contributed by atoms with Crippen LogP contribution in [0.4, 0.5) is 0 Å². The Balaban J connectivity index is 1.70. The van der Waals surface area contributed by atoms with E-state index in [1.165, 1.54) is 0 Å². The minimum Gasteiger partial charge on any atom is -0.497 e. The van der Waals surface area contributed by atoms with Gasteiger partial charge in [-0.1, -0.05) is 12.1 Å². The first kappa shape index (κ1) is 19.5. The molecule has 0 atom stereocenters. The topological polar surface area (TPSA) is 63.9 Å². The lowest BCUT2D eigenvalue weighted by Crippen LogP contribution is -2.38. The van der Waals surface area contributed by atoms with Gasteiger partial charge in [0.2, 0.25) is 0 Å². The Bertz CT molecular complexity index is 980. The largest absolute Gasteiger partial charge is 0.497 e. The molecule has 0 fully saturated rings. The molecule has 2 aromatic carbocycles. The number of nitrogens with zero attached hydrogens (tertiary/aromatic N) is 4. The maximum Gasteiger partial charge on any atom is 0.194 e. The van der Waals surface area contributed by atoms with Crippen molar-refractivity contribution in [2.75, 3.05) is 28.3 Å². The molecular weight excluding hydrogens is 354 g/mol. The van der Waals surface area contributed by atoms with Crippen LogP contribution in [0.2, 0.25) is 0 Å². The summed E-state index contributed by atoms with van der Waals surface area (Å²) in [7, 11) is 9.11. The zero-order valence-corrected chi connectivity index (χ0v) is 17.1. The van der Waals surface area contributed by atoms with Crippen LogP contribution in [-0.2, 0) is 20.1 Å². The Morgan fingerprint density at radius 2 is 1.96 bits per heavy atom. The molecule has 0 bridgehead atoms. The summed E-state index contributed by atoms with van der Waals surface area (Å²) in [6.45, 7) is 1.23. The molecule has 7 nitrogen and oxygen atoms in total. The highest BCUT2D eigenvalue weighted by atomic mass is 16.5. The Morgan fingerprint density at radius 3 is 2.64 bits per heavy atom. The van der Waals surface area contributed by atoms with Crippen molar-refractivity contribution < 1.29 is 9.47 Å². The lowest BCUT2D eigenvalue weighted by atomic mass is 10.2. The van der Waals surface area contributed by atoms with Crippen molar-refractivity contribution in [3.63, 3.8) is 0 Å². The maximum atomic E-state index is 5.50. The number of rotatable bonds is 6. The van der Waals surface area contributed by atoms with E-state index >= 15 is 0 Å². The second kappa shape index (κ2) is 8.65. The Hall–Kier alpha value is -3.22. The maximum absolute atomic E-state index is 5.50. The molecule has 0 radical (unpaired) electrons. The summed E-state index contributed by atoms with van der Waals surface area (Å²) in [5.41, 5.74) is 3.16. The van der Waals surface area contributed by atoms with Gasteiger partial charge in [0.1, 0.15) is 17.3 Å². The van der Waals surface area contributed by atoms with E-state index in [2.05, 4.69) is 20.9 Å². The standard InChI is InChI=1S/C21H27N5O2/c1-22-21(23-13-20-24-17-8-6-7-9-18(17)26(20)3)25(2)14-15-10-11-16(27-4)12-19(15)28-5/h6-12H,13-14H2,1-5H3,(H,22,23). The van der Waals surface area contributed by atoms with Crippen molar-refractivity contribution in [2.24, 2.45) is 12.0 Å². The van der Waals surface area contributed by atoms with Crippen LogP contribution >= 0.6 is 0 Å². The van der Waals surface area contributed by atoms with Gasteiger partial charge in [-0.25, -0.2) is 4.98 Å². The van der Waals surface area contributed by atoms with Gasteiger partial charge in [-0.2, -0.15) is 0 Å². The SMILES string of the molecule is CN=C(NCc1nc2ccccc2n1C)N(C)Cc1ccc(OC)cc1OC. The molecule has 0 spiro atoms. The van der Waals surface area contributed by atoms with Crippen molar-refractivity contribution in [2.45, 2.75) is 13.1 Å². The molecule has 3 aromatic rings. The number of aromatic nitrogens is 2. The zero-order valence-electron chi connectivity index (χ0n) is 17.1. The van der Waals surface area contributed by atoms with Gasteiger partial charge < -0.3 is 24.3 Å². The van der Waals surface area contributed by atoms with E-state index in [1.54, 1.807) is 21.3 Å². The molecule has 1 N–H and O–H groups in total. The van der Waals surface area contributed by atoms with Gasteiger partial charge in [0.05, 0.1) is 31.8 Å². The number of benzene rings is 2. The molecule has 0 aliphatic heterocycles. The molecule has 0 amide bonds. The number of methoxy groups -OCH3 is 2. The van der Waals surface area contributed by atoms with Crippen molar-refractivity contribution in [1.82, 2.24) is 19.8 Å². The molecule has 28 heavy (non-hydrogen) atoms. The van der Waals surface area contributed by atoms with Gasteiger partial charge in [-0.15, -0.1) is 0 Å². The summed E-state index contributed by atoms with van der Waals surface area (Å²) >= 11 is 0. The van der Waals surface area contributed by atoms with Crippen LogP contribution in [0.1, 0.15) is 11.4 Å². The van der Waals surface area contributed by atoms with Gasteiger partial charge in [0.25, 0.3) is 0 Å². The van der Waals surface area contributed by atoms with Gasteiger partial charge in [0.15, 0.2) is 5.96 Å². The minimum absolute atomic E-state index is 0.585. The van der Waals surface area contributed by atoms with Crippen LogP contribution in [0, 0.1) is 0 Å². The monoisotopic (exact) mass is 381 g/mol. The predicted octanol–water partition coefficient (Wildman–Crippen LogP) is 2.80. The highest BCUT2D eigenvalue weighted by molar-refractivity contribution is 5.80. The van der Waals surface area contributed by atoms with E-state index in [0.29, 0.717) is 13.1 Å².